The van der Waals surface area contributed by atoms with Gasteiger partial charge in [0.2, 0.25) is 0 Å². The summed E-state index contributed by atoms with van der Waals surface area (Å²) in [6, 6.07) is 31.1. The molecule has 0 amide bonds. The number of anilines is 5. The number of fused-ring (bicyclic) bond motifs is 9. The van der Waals surface area contributed by atoms with Crippen LogP contribution in [0.4, 0.5) is 28.4 Å². The Balaban J connectivity index is 1.21. The van der Waals surface area contributed by atoms with Crippen LogP contribution in [0.25, 0.3) is 21.9 Å². The summed E-state index contributed by atoms with van der Waals surface area (Å²) in [6.45, 7) is 29.0. The fourth-order valence-electron chi connectivity index (χ4n) is 12.6. The summed E-state index contributed by atoms with van der Waals surface area (Å²) < 4.78 is 6.77. The van der Waals surface area contributed by atoms with E-state index in [4.69, 9.17) is 4.42 Å². The molecule has 0 bridgehead atoms. The van der Waals surface area contributed by atoms with Gasteiger partial charge >= 0.3 is 0 Å². The van der Waals surface area contributed by atoms with Gasteiger partial charge in [-0.1, -0.05) is 116 Å². The van der Waals surface area contributed by atoms with Crippen molar-refractivity contribution in [3.63, 3.8) is 0 Å². The van der Waals surface area contributed by atoms with Crippen molar-refractivity contribution in [3.8, 4) is 0 Å². The monoisotopic (exact) mass is 788 g/mol. The molecule has 0 radical (unpaired) electrons. The van der Waals surface area contributed by atoms with Crippen LogP contribution in [-0.4, -0.2) is 6.71 Å². The molecule has 1 saturated carbocycles. The molecule has 1 fully saturated rings. The Morgan fingerprint density at radius 1 is 0.567 bits per heavy atom. The normalized spacial score (nSPS) is 23.8. The van der Waals surface area contributed by atoms with E-state index in [0.717, 1.165) is 11.2 Å². The van der Waals surface area contributed by atoms with Gasteiger partial charge in [-0.2, -0.15) is 0 Å². The van der Waals surface area contributed by atoms with Crippen molar-refractivity contribution in [3.05, 3.63) is 131 Å². The highest BCUT2D eigenvalue weighted by molar-refractivity contribution is 7.00. The minimum Gasteiger partial charge on any atom is -0.456 e. The van der Waals surface area contributed by atoms with Gasteiger partial charge in [0, 0.05) is 51.0 Å². The van der Waals surface area contributed by atoms with Gasteiger partial charge in [0.25, 0.3) is 6.71 Å². The van der Waals surface area contributed by atoms with Gasteiger partial charge in [0.1, 0.15) is 11.2 Å². The second-order valence-corrected chi connectivity index (χ2v) is 22.4. The summed E-state index contributed by atoms with van der Waals surface area (Å²) in [5, 5.41) is 2.36. The molecule has 304 valence electrons. The fourth-order valence-corrected chi connectivity index (χ4v) is 12.6. The average Bonchev–Trinajstić information content (AvgIpc) is 3.54. The van der Waals surface area contributed by atoms with Crippen molar-refractivity contribution in [1.29, 1.82) is 0 Å². The Kier molecular flexibility index (Phi) is 7.67. The van der Waals surface area contributed by atoms with Crippen molar-refractivity contribution >= 4 is 73.5 Å². The highest BCUT2D eigenvalue weighted by atomic mass is 16.3. The molecule has 1 aromatic heterocycles. The summed E-state index contributed by atoms with van der Waals surface area (Å²) in [7, 11) is 0. The van der Waals surface area contributed by atoms with Crippen LogP contribution in [0, 0.1) is 42.9 Å². The van der Waals surface area contributed by atoms with Crippen LogP contribution in [0.2, 0.25) is 0 Å². The molecule has 11 rings (SSSR count). The lowest BCUT2D eigenvalue weighted by Crippen LogP contribution is -2.62. The molecule has 4 heteroatoms. The summed E-state index contributed by atoms with van der Waals surface area (Å²) in [6.07, 6.45) is 12.6. The van der Waals surface area contributed by atoms with Crippen molar-refractivity contribution < 1.29 is 4.42 Å². The van der Waals surface area contributed by atoms with Crippen LogP contribution in [0.3, 0.4) is 0 Å². The first-order chi connectivity index (χ1) is 28.3. The standard InChI is InChI=1S/C56H61BN2O/c1-33-14-18-44-42(25-33)57-43-31-39-38-16-13-34(2)28-48(38)60-49(39)32-45(43)59(36-15-17-40-41(29-36)53(6,7)22-21-52(40,4)5)47-27-35(3)26-46(51(47)57)58(44)37-19-20-56(12)50(30-37)54(8,9)23-24-55(56,10)11/h13-20,25-32,50H,21-24H2,1-12H3. The maximum atomic E-state index is 6.77. The first kappa shape index (κ1) is 38.0. The number of allylic oxidation sites excluding steroid dienone is 3. The van der Waals surface area contributed by atoms with E-state index in [9.17, 15) is 0 Å². The van der Waals surface area contributed by atoms with Gasteiger partial charge in [-0.25, -0.2) is 0 Å². The molecule has 0 N–H and O–H groups in total. The lowest BCUT2D eigenvalue weighted by molar-refractivity contribution is -0.0395. The Morgan fingerprint density at radius 2 is 1.23 bits per heavy atom. The first-order valence-electron chi connectivity index (χ1n) is 22.7. The molecule has 0 spiro atoms. The molecule has 3 heterocycles. The van der Waals surface area contributed by atoms with Crippen LogP contribution >= 0.6 is 0 Å². The Hall–Kier alpha value is -4.96. The number of furan rings is 1. The summed E-state index contributed by atoms with van der Waals surface area (Å²) >= 11 is 0. The number of nitrogens with zero attached hydrogens (tertiary/aromatic N) is 2. The van der Waals surface area contributed by atoms with Crippen LogP contribution in [0.5, 0.6) is 0 Å². The average molecular weight is 789 g/mol. The number of rotatable bonds is 2. The zero-order valence-electron chi connectivity index (χ0n) is 38.0. The zero-order valence-corrected chi connectivity index (χ0v) is 38.0. The van der Waals surface area contributed by atoms with E-state index in [1.54, 1.807) is 0 Å². The van der Waals surface area contributed by atoms with E-state index < -0.39 is 0 Å². The second-order valence-electron chi connectivity index (χ2n) is 22.4. The third kappa shape index (κ3) is 5.15. The number of benzene rings is 5. The van der Waals surface area contributed by atoms with Crippen molar-refractivity contribution in [1.82, 2.24) is 0 Å². The molecule has 2 unspecified atom stereocenters. The van der Waals surface area contributed by atoms with Gasteiger partial charge in [-0.05, 0) is 161 Å². The summed E-state index contributed by atoms with van der Waals surface area (Å²) in [4.78, 5) is 5.24. The van der Waals surface area contributed by atoms with E-state index in [0.29, 0.717) is 5.92 Å². The van der Waals surface area contributed by atoms with Crippen LogP contribution in [-0.2, 0) is 10.8 Å². The first-order valence-corrected chi connectivity index (χ1v) is 22.7. The van der Waals surface area contributed by atoms with Crippen LogP contribution in [0.1, 0.15) is 116 Å². The maximum absolute atomic E-state index is 6.77. The van der Waals surface area contributed by atoms with Gasteiger partial charge in [-0.3, -0.25) is 0 Å². The lowest BCUT2D eigenvalue weighted by Gasteiger charge is -2.59. The molecular formula is C56H61BN2O. The van der Waals surface area contributed by atoms with Crippen molar-refractivity contribution in [2.24, 2.45) is 22.2 Å². The van der Waals surface area contributed by atoms with Crippen LogP contribution in [0.15, 0.2) is 107 Å². The minimum absolute atomic E-state index is 0.0456. The molecule has 60 heavy (non-hydrogen) atoms. The molecule has 5 aromatic carbocycles. The smallest absolute Gasteiger partial charge is 0.252 e. The van der Waals surface area contributed by atoms with Gasteiger partial charge < -0.3 is 14.2 Å². The number of hydrogen-bond acceptors (Lipinski definition) is 3. The molecule has 3 aliphatic carbocycles. The maximum Gasteiger partial charge on any atom is 0.252 e. The number of aryl methyl sites for hydroxylation is 3. The van der Waals surface area contributed by atoms with E-state index in [2.05, 4.69) is 190 Å². The SMILES string of the molecule is Cc1ccc2c(c1)B1c3cc4c(cc3N(c3ccc5c(c3)C(C)(C)CCC5(C)C)c3cc(C)cc(c31)N2C1=CC2C(C)(C)CCC(C)(C)C2(C)C=C1)oc1cc(C)ccc14. The van der Waals surface area contributed by atoms with Crippen LogP contribution < -0.4 is 26.2 Å². The lowest BCUT2D eigenvalue weighted by atomic mass is 9.33. The van der Waals surface area contributed by atoms with Gasteiger partial charge in [-0.15, -0.1) is 0 Å². The minimum atomic E-state index is 0.0456. The third-order valence-corrected chi connectivity index (χ3v) is 16.7. The van der Waals surface area contributed by atoms with Gasteiger partial charge in [0.15, 0.2) is 0 Å². The molecule has 5 aliphatic rings. The van der Waals surface area contributed by atoms with Crippen molar-refractivity contribution in [2.45, 2.75) is 120 Å². The molecular weight excluding hydrogens is 727 g/mol. The Bertz CT molecular complexity index is 2920. The van der Waals surface area contributed by atoms with Gasteiger partial charge in [0.05, 0.1) is 0 Å². The zero-order chi connectivity index (χ0) is 42.1. The van der Waals surface area contributed by atoms with E-state index >= 15 is 0 Å². The molecule has 6 aromatic rings. The van der Waals surface area contributed by atoms with E-state index in [-0.39, 0.29) is 33.8 Å². The Labute approximate surface area is 358 Å². The predicted octanol–water partition coefficient (Wildman–Crippen LogP) is 13.5. The van der Waals surface area contributed by atoms with E-state index in [1.165, 1.54) is 115 Å². The largest absolute Gasteiger partial charge is 0.456 e. The summed E-state index contributed by atoms with van der Waals surface area (Å²) in [5.74, 6) is 0.410. The molecule has 3 nitrogen and oxygen atoms in total. The number of hydrogen-bond donors (Lipinski definition) is 0. The highest BCUT2D eigenvalue weighted by Crippen LogP contribution is 2.63. The summed E-state index contributed by atoms with van der Waals surface area (Å²) in [5.41, 5.74) is 21.0. The molecule has 2 atom stereocenters. The molecule has 0 saturated heterocycles. The topological polar surface area (TPSA) is 19.6 Å². The van der Waals surface area contributed by atoms with Crippen molar-refractivity contribution in [2.75, 3.05) is 9.80 Å². The predicted molar refractivity (Wildman–Crippen MR) is 257 cm³/mol. The van der Waals surface area contributed by atoms with E-state index in [1.807, 2.05) is 0 Å². The fraction of sp³-hybridized carbons (Fsp3) is 0.393. The molecule has 2 aliphatic heterocycles. The second kappa shape index (κ2) is 12.1. The quantitative estimate of drug-likeness (QED) is 0.163. The Morgan fingerprint density at radius 3 is 2.00 bits per heavy atom. The highest BCUT2D eigenvalue weighted by Gasteiger charge is 2.55. The third-order valence-electron chi connectivity index (χ3n) is 16.7.